The molecule has 29 heavy (non-hydrogen) atoms. The van der Waals surface area contributed by atoms with E-state index in [1.54, 1.807) is 30.4 Å². The van der Waals surface area contributed by atoms with Gasteiger partial charge < -0.3 is 5.32 Å². The van der Waals surface area contributed by atoms with Crippen LogP contribution in [0.2, 0.25) is 0 Å². The highest BCUT2D eigenvalue weighted by Crippen LogP contribution is 2.15. The van der Waals surface area contributed by atoms with E-state index in [-0.39, 0.29) is 22.7 Å². The van der Waals surface area contributed by atoms with Crippen molar-refractivity contribution in [2.45, 2.75) is 24.3 Å². The second-order valence-electron chi connectivity index (χ2n) is 6.50. The molecule has 0 saturated heterocycles. The molecule has 3 rings (SSSR count). The van der Waals surface area contributed by atoms with Gasteiger partial charge in [0.2, 0.25) is 10.0 Å². The van der Waals surface area contributed by atoms with Gasteiger partial charge in [0.25, 0.3) is 5.91 Å². The number of rotatable bonds is 8. The average molecular weight is 433 g/mol. The van der Waals surface area contributed by atoms with E-state index < -0.39 is 10.0 Å². The second-order valence-corrected chi connectivity index (χ2v) is 9.30. The lowest BCUT2D eigenvalue weighted by atomic mass is 10.1. The number of hydrogen-bond acceptors (Lipinski definition) is 4. The van der Waals surface area contributed by atoms with Gasteiger partial charge in [0, 0.05) is 17.0 Å². The fraction of sp³-hybridized carbons (Fsp3) is 0.190. The third-order valence-corrected chi connectivity index (χ3v) is 6.80. The maximum absolute atomic E-state index is 13.0. The Kier molecular flexibility index (Phi) is 6.79. The molecule has 1 amide bonds. The van der Waals surface area contributed by atoms with E-state index >= 15 is 0 Å². The standard InChI is InChI=1S/C21H21FN2O3S2/c1-15(16-4-8-18(22)9-5-16)24-21(25)17-6-10-20(11-7-17)29(26,27)23-13-12-19-3-2-14-28-19/h2-11,14-15,23H,12-13H2,1H3,(H,24,25). The zero-order chi connectivity index (χ0) is 20.9. The molecular weight excluding hydrogens is 411 g/mol. The lowest BCUT2D eigenvalue weighted by Crippen LogP contribution is -2.27. The fourth-order valence-electron chi connectivity index (χ4n) is 2.75. The van der Waals surface area contributed by atoms with Crippen LogP contribution in [0.25, 0.3) is 0 Å². The zero-order valence-electron chi connectivity index (χ0n) is 15.8. The van der Waals surface area contributed by atoms with E-state index in [1.165, 1.54) is 36.4 Å². The number of sulfonamides is 1. The number of thiophene rings is 1. The van der Waals surface area contributed by atoms with E-state index in [1.807, 2.05) is 17.5 Å². The Morgan fingerprint density at radius 3 is 2.38 bits per heavy atom. The molecule has 0 aliphatic carbocycles. The Morgan fingerprint density at radius 2 is 1.76 bits per heavy atom. The topological polar surface area (TPSA) is 75.3 Å². The molecular formula is C21H21FN2O3S2. The Hall–Kier alpha value is -2.55. The first-order chi connectivity index (χ1) is 13.8. The third kappa shape index (κ3) is 5.72. The molecule has 0 bridgehead atoms. The van der Waals surface area contributed by atoms with Crippen LogP contribution in [0.3, 0.4) is 0 Å². The molecule has 0 radical (unpaired) electrons. The molecule has 3 aromatic rings. The van der Waals surface area contributed by atoms with Gasteiger partial charge in [-0.25, -0.2) is 17.5 Å². The van der Waals surface area contributed by atoms with Gasteiger partial charge in [-0.3, -0.25) is 4.79 Å². The quantitative estimate of drug-likeness (QED) is 0.567. The van der Waals surface area contributed by atoms with Crippen molar-refractivity contribution in [1.29, 1.82) is 0 Å². The summed E-state index contributed by atoms with van der Waals surface area (Å²) in [5.41, 5.74) is 1.12. The van der Waals surface area contributed by atoms with Crippen LogP contribution in [0.1, 0.15) is 33.8 Å². The molecule has 0 fully saturated rings. The summed E-state index contributed by atoms with van der Waals surface area (Å²) in [6.07, 6.45) is 0.624. The minimum atomic E-state index is -3.64. The first-order valence-corrected chi connectivity index (χ1v) is 11.4. The van der Waals surface area contributed by atoms with E-state index in [0.717, 1.165) is 10.4 Å². The van der Waals surface area contributed by atoms with E-state index in [9.17, 15) is 17.6 Å². The monoisotopic (exact) mass is 432 g/mol. The Bertz CT molecular complexity index is 1050. The minimum Gasteiger partial charge on any atom is -0.346 e. The summed E-state index contributed by atoms with van der Waals surface area (Å²) in [7, 11) is -3.64. The Morgan fingerprint density at radius 1 is 1.07 bits per heavy atom. The highest BCUT2D eigenvalue weighted by atomic mass is 32.2. The van der Waals surface area contributed by atoms with Crippen molar-refractivity contribution in [1.82, 2.24) is 10.0 Å². The minimum absolute atomic E-state index is 0.104. The summed E-state index contributed by atoms with van der Waals surface area (Å²) in [5, 5.41) is 4.76. The van der Waals surface area contributed by atoms with Crippen molar-refractivity contribution in [2.75, 3.05) is 6.54 Å². The molecule has 1 unspecified atom stereocenters. The first kappa shape index (κ1) is 21.2. The summed E-state index contributed by atoms with van der Waals surface area (Å²) in [6.45, 7) is 2.10. The van der Waals surface area contributed by atoms with Gasteiger partial charge in [-0.15, -0.1) is 11.3 Å². The SMILES string of the molecule is CC(NC(=O)c1ccc(S(=O)(=O)NCCc2cccs2)cc1)c1ccc(F)cc1. The first-order valence-electron chi connectivity index (χ1n) is 9.03. The molecule has 0 saturated carbocycles. The van der Waals surface area contributed by atoms with Crippen LogP contribution in [0.15, 0.2) is 70.9 Å². The number of hydrogen-bond donors (Lipinski definition) is 2. The summed E-state index contributed by atoms with van der Waals surface area (Å²) < 4.78 is 40.4. The maximum Gasteiger partial charge on any atom is 0.251 e. The van der Waals surface area contributed by atoms with Crippen molar-refractivity contribution in [2.24, 2.45) is 0 Å². The molecule has 1 atom stereocenters. The van der Waals surface area contributed by atoms with E-state index in [0.29, 0.717) is 18.5 Å². The largest absolute Gasteiger partial charge is 0.346 e. The average Bonchev–Trinajstić information content (AvgIpc) is 3.22. The lowest BCUT2D eigenvalue weighted by Gasteiger charge is -2.14. The van der Waals surface area contributed by atoms with Crippen molar-refractivity contribution in [3.05, 3.63) is 87.9 Å². The third-order valence-electron chi connectivity index (χ3n) is 4.39. The molecule has 0 spiro atoms. The zero-order valence-corrected chi connectivity index (χ0v) is 17.4. The Balaban J connectivity index is 1.59. The van der Waals surface area contributed by atoms with E-state index in [2.05, 4.69) is 10.0 Å². The van der Waals surface area contributed by atoms with Gasteiger partial charge in [0.15, 0.2) is 0 Å². The molecule has 5 nitrogen and oxygen atoms in total. The number of halogens is 1. The van der Waals surface area contributed by atoms with Crippen LogP contribution in [-0.4, -0.2) is 20.9 Å². The molecule has 0 aliphatic rings. The molecule has 1 aromatic heterocycles. The highest BCUT2D eigenvalue weighted by molar-refractivity contribution is 7.89. The number of nitrogens with one attached hydrogen (secondary N) is 2. The molecule has 2 aromatic carbocycles. The van der Waals surface area contributed by atoms with Crippen LogP contribution >= 0.6 is 11.3 Å². The smallest absolute Gasteiger partial charge is 0.251 e. The van der Waals surface area contributed by atoms with Crippen molar-refractivity contribution in [3.63, 3.8) is 0 Å². The van der Waals surface area contributed by atoms with Gasteiger partial charge >= 0.3 is 0 Å². The van der Waals surface area contributed by atoms with Gasteiger partial charge in [0.05, 0.1) is 10.9 Å². The molecule has 8 heteroatoms. The molecule has 0 aliphatic heterocycles. The predicted octanol–water partition coefficient (Wildman–Crippen LogP) is 3.90. The van der Waals surface area contributed by atoms with Crippen LogP contribution in [0, 0.1) is 5.82 Å². The Labute approximate surface area is 173 Å². The number of amides is 1. The highest BCUT2D eigenvalue weighted by Gasteiger charge is 2.16. The summed E-state index contributed by atoms with van der Waals surface area (Å²) >= 11 is 1.58. The van der Waals surface area contributed by atoms with Crippen LogP contribution in [-0.2, 0) is 16.4 Å². The van der Waals surface area contributed by atoms with Gasteiger partial charge in [0.1, 0.15) is 5.82 Å². The van der Waals surface area contributed by atoms with Crippen molar-refractivity contribution < 1.29 is 17.6 Å². The van der Waals surface area contributed by atoms with Crippen LogP contribution in [0.5, 0.6) is 0 Å². The van der Waals surface area contributed by atoms with Gasteiger partial charge in [-0.1, -0.05) is 18.2 Å². The summed E-state index contributed by atoms with van der Waals surface area (Å²) in [6, 6.07) is 15.2. The van der Waals surface area contributed by atoms with Crippen LogP contribution < -0.4 is 10.0 Å². The van der Waals surface area contributed by atoms with Gasteiger partial charge in [-0.05, 0) is 66.8 Å². The maximum atomic E-state index is 13.0. The number of benzene rings is 2. The summed E-state index contributed by atoms with van der Waals surface area (Å²) in [5.74, 6) is -0.676. The lowest BCUT2D eigenvalue weighted by molar-refractivity contribution is 0.0940. The molecule has 1 heterocycles. The fourth-order valence-corrected chi connectivity index (χ4v) is 4.49. The molecule has 152 valence electrons. The van der Waals surface area contributed by atoms with Crippen LogP contribution in [0.4, 0.5) is 4.39 Å². The number of carbonyl (C=O) groups is 1. The predicted molar refractivity (Wildman–Crippen MR) is 112 cm³/mol. The van der Waals surface area contributed by atoms with E-state index in [4.69, 9.17) is 0 Å². The normalized spacial score (nSPS) is 12.5. The van der Waals surface area contributed by atoms with Gasteiger partial charge in [-0.2, -0.15) is 0 Å². The summed E-state index contributed by atoms with van der Waals surface area (Å²) in [4.78, 5) is 13.6. The second kappa shape index (κ2) is 9.30. The van der Waals surface area contributed by atoms with Crippen molar-refractivity contribution >= 4 is 27.3 Å². The molecule has 2 N–H and O–H groups in total. The number of carbonyl (C=O) groups excluding carboxylic acids is 1. The van der Waals surface area contributed by atoms with Crippen molar-refractivity contribution in [3.8, 4) is 0 Å².